The molecule has 0 saturated carbocycles. The predicted octanol–water partition coefficient (Wildman–Crippen LogP) is 0.184. The van der Waals surface area contributed by atoms with Gasteiger partial charge in [0.25, 0.3) is 0 Å². The first-order valence-electron chi connectivity index (χ1n) is 6.58. The van der Waals surface area contributed by atoms with Gasteiger partial charge in [-0.25, -0.2) is 4.79 Å². The van der Waals surface area contributed by atoms with Gasteiger partial charge in [0.1, 0.15) is 0 Å². The van der Waals surface area contributed by atoms with Crippen LogP contribution in [-0.2, 0) is 4.79 Å². The molecule has 0 aromatic heterocycles. The van der Waals surface area contributed by atoms with E-state index in [1.54, 1.807) is 4.90 Å². The number of carbonyl (C=O) groups is 2. The van der Waals surface area contributed by atoms with E-state index in [2.05, 4.69) is 0 Å². The van der Waals surface area contributed by atoms with E-state index in [1.807, 2.05) is 4.90 Å². The first-order valence-corrected chi connectivity index (χ1v) is 6.58. The number of hydrogen-bond donors (Lipinski definition) is 2. The maximum absolute atomic E-state index is 12.2. The second kappa shape index (κ2) is 5.56. The normalized spacial score (nSPS) is 28.5. The van der Waals surface area contributed by atoms with Crippen molar-refractivity contribution in [3.05, 3.63) is 0 Å². The van der Waals surface area contributed by atoms with Gasteiger partial charge in [0.2, 0.25) is 0 Å². The second-order valence-corrected chi connectivity index (χ2v) is 5.24. The van der Waals surface area contributed by atoms with Gasteiger partial charge in [0.15, 0.2) is 0 Å². The lowest BCUT2D eigenvalue weighted by atomic mass is 9.99. The fraction of sp³-hybridized carbons (Fsp3) is 0.833. The van der Waals surface area contributed by atoms with Gasteiger partial charge >= 0.3 is 12.0 Å². The summed E-state index contributed by atoms with van der Waals surface area (Å²) in [6.45, 7) is 3.09. The Morgan fingerprint density at radius 2 is 1.89 bits per heavy atom. The van der Waals surface area contributed by atoms with Crippen molar-refractivity contribution < 1.29 is 14.7 Å². The van der Waals surface area contributed by atoms with Crippen molar-refractivity contribution in [3.8, 4) is 0 Å². The lowest BCUT2D eigenvalue weighted by Crippen LogP contribution is -2.48. The number of aliphatic carboxylic acids is 1. The summed E-state index contributed by atoms with van der Waals surface area (Å²) in [4.78, 5) is 26.7. The number of carboxylic acid groups (broad SMARTS) is 1. The van der Waals surface area contributed by atoms with E-state index in [0.717, 1.165) is 19.4 Å². The predicted molar refractivity (Wildman–Crippen MR) is 66.1 cm³/mol. The Morgan fingerprint density at radius 1 is 1.17 bits per heavy atom. The molecule has 102 valence electrons. The number of likely N-dealkylation sites (tertiary alicyclic amines) is 2. The lowest BCUT2D eigenvalue weighted by molar-refractivity contribution is -0.143. The van der Waals surface area contributed by atoms with Gasteiger partial charge in [-0.15, -0.1) is 0 Å². The zero-order chi connectivity index (χ0) is 13.1. The highest BCUT2D eigenvalue weighted by Gasteiger charge is 2.33. The maximum Gasteiger partial charge on any atom is 0.320 e. The smallest absolute Gasteiger partial charge is 0.320 e. The van der Waals surface area contributed by atoms with Crippen molar-refractivity contribution >= 4 is 12.0 Å². The summed E-state index contributed by atoms with van der Waals surface area (Å²) < 4.78 is 0. The Kier molecular flexibility index (Phi) is 4.06. The second-order valence-electron chi connectivity index (χ2n) is 5.24. The Bertz CT molecular complexity index is 335. The Labute approximate surface area is 107 Å². The summed E-state index contributed by atoms with van der Waals surface area (Å²) in [5, 5.41) is 9.02. The molecule has 2 atom stereocenters. The van der Waals surface area contributed by atoms with Crippen molar-refractivity contribution in [1.29, 1.82) is 0 Å². The van der Waals surface area contributed by atoms with Crippen LogP contribution in [0.25, 0.3) is 0 Å². The van der Waals surface area contributed by atoms with Crippen LogP contribution >= 0.6 is 0 Å². The first-order chi connectivity index (χ1) is 8.61. The highest BCUT2D eigenvalue weighted by atomic mass is 16.4. The van der Waals surface area contributed by atoms with Gasteiger partial charge in [0, 0.05) is 26.2 Å². The quantitative estimate of drug-likeness (QED) is 0.737. The molecule has 2 aliphatic rings. The fourth-order valence-corrected chi connectivity index (χ4v) is 2.75. The third-order valence-corrected chi connectivity index (χ3v) is 3.93. The van der Waals surface area contributed by atoms with Crippen LogP contribution in [0.15, 0.2) is 0 Å². The molecule has 6 heteroatoms. The van der Waals surface area contributed by atoms with Crippen LogP contribution in [-0.4, -0.2) is 59.6 Å². The number of amides is 2. The van der Waals surface area contributed by atoms with E-state index in [0.29, 0.717) is 38.5 Å². The SMILES string of the molecule is NCC1CCN(C(=O)N2CCC[C@@H](C(=O)O)C2)C1. The number of carboxylic acids is 1. The lowest BCUT2D eigenvalue weighted by Gasteiger charge is -2.33. The molecule has 6 nitrogen and oxygen atoms in total. The summed E-state index contributed by atoms with van der Waals surface area (Å²) in [5.41, 5.74) is 5.61. The molecule has 0 aromatic rings. The zero-order valence-corrected chi connectivity index (χ0v) is 10.5. The standard InChI is InChI=1S/C12H21N3O3/c13-6-9-3-5-15(7-9)12(18)14-4-1-2-10(8-14)11(16)17/h9-10H,1-8,13H2,(H,16,17)/t9?,10-/m1/s1. The molecular formula is C12H21N3O3. The molecule has 0 radical (unpaired) electrons. The minimum Gasteiger partial charge on any atom is -0.481 e. The van der Waals surface area contributed by atoms with Crippen LogP contribution in [0.4, 0.5) is 4.79 Å². The van der Waals surface area contributed by atoms with Crippen molar-refractivity contribution in [1.82, 2.24) is 9.80 Å². The minimum atomic E-state index is -0.797. The zero-order valence-electron chi connectivity index (χ0n) is 10.5. The van der Waals surface area contributed by atoms with Crippen molar-refractivity contribution in [3.63, 3.8) is 0 Å². The molecule has 0 bridgehead atoms. The average Bonchev–Trinajstić information content (AvgIpc) is 2.86. The molecule has 0 aliphatic carbocycles. The fourth-order valence-electron chi connectivity index (χ4n) is 2.75. The number of nitrogens with two attached hydrogens (primary N) is 1. The Morgan fingerprint density at radius 3 is 2.50 bits per heavy atom. The van der Waals surface area contributed by atoms with E-state index in [1.165, 1.54) is 0 Å². The third-order valence-electron chi connectivity index (χ3n) is 3.93. The minimum absolute atomic E-state index is 0.0168. The molecule has 0 aromatic carbocycles. The van der Waals surface area contributed by atoms with Crippen LogP contribution in [0.5, 0.6) is 0 Å². The topological polar surface area (TPSA) is 86.9 Å². The van der Waals surface area contributed by atoms with E-state index < -0.39 is 11.9 Å². The molecule has 2 amide bonds. The van der Waals surface area contributed by atoms with E-state index in [-0.39, 0.29) is 6.03 Å². The van der Waals surface area contributed by atoms with Gasteiger partial charge in [-0.05, 0) is 31.7 Å². The third kappa shape index (κ3) is 2.75. The van der Waals surface area contributed by atoms with Crippen molar-refractivity contribution in [2.75, 3.05) is 32.7 Å². The number of hydrogen-bond acceptors (Lipinski definition) is 3. The van der Waals surface area contributed by atoms with Crippen LogP contribution in [0.1, 0.15) is 19.3 Å². The average molecular weight is 255 g/mol. The van der Waals surface area contributed by atoms with E-state index in [9.17, 15) is 9.59 Å². The highest BCUT2D eigenvalue weighted by molar-refractivity contribution is 5.77. The molecule has 0 spiro atoms. The van der Waals surface area contributed by atoms with Gasteiger partial charge in [0.05, 0.1) is 5.92 Å². The van der Waals surface area contributed by atoms with Crippen molar-refractivity contribution in [2.45, 2.75) is 19.3 Å². The Balaban J connectivity index is 1.91. The summed E-state index contributed by atoms with van der Waals surface area (Å²) in [6, 6.07) is -0.0168. The molecule has 1 unspecified atom stereocenters. The first kappa shape index (κ1) is 13.1. The monoisotopic (exact) mass is 255 g/mol. The van der Waals surface area contributed by atoms with Crippen LogP contribution < -0.4 is 5.73 Å². The summed E-state index contributed by atoms with van der Waals surface area (Å²) in [7, 11) is 0. The molecule has 2 heterocycles. The highest BCUT2D eigenvalue weighted by Crippen LogP contribution is 2.21. The molecule has 2 rings (SSSR count). The summed E-state index contributed by atoms with van der Waals surface area (Å²) in [5.74, 6) is -0.807. The number of carbonyl (C=O) groups excluding carboxylic acids is 1. The summed E-state index contributed by atoms with van der Waals surface area (Å²) >= 11 is 0. The maximum atomic E-state index is 12.2. The van der Waals surface area contributed by atoms with Crippen LogP contribution in [0, 0.1) is 11.8 Å². The largest absolute Gasteiger partial charge is 0.481 e. The molecule has 18 heavy (non-hydrogen) atoms. The van der Waals surface area contributed by atoms with Gasteiger partial charge in [-0.1, -0.05) is 0 Å². The molecule has 2 saturated heterocycles. The van der Waals surface area contributed by atoms with Crippen molar-refractivity contribution in [2.24, 2.45) is 17.6 Å². The number of nitrogens with zero attached hydrogens (tertiary/aromatic N) is 2. The Hall–Kier alpha value is -1.30. The van der Waals surface area contributed by atoms with Gasteiger partial charge in [-0.2, -0.15) is 0 Å². The molecule has 2 aliphatic heterocycles. The number of rotatable bonds is 2. The van der Waals surface area contributed by atoms with Gasteiger partial charge < -0.3 is 20.6 Å². The van der Waals surface area contributed by atoms with E-state index >= 15 is 0 Å². The van der Waals surface area contributed by atoms with Gasteiger partial charge in [-0.3, -0.25) is 4.79 Å². The van der Waals surface area contributed by atoms with Crippen LogP contribution in [0.3, 0.4) is 0 Å². The molecular weight excluding hydrogens is 234 g/mol. The summed E-state index contributed by atoms with van der Waals surface area (Å²) in [6.07, 6.45) is 2.40. The van der Waals surface area contributed by atoms with E-state index in [4.69, 9.17) is 10.8 Å². The number of urea groups is 1. The molecule has 2 fully saturated rings. The molecule has 3 N–H and O–H groups in total. The number of piperidine rings is 1. The van der Waals surface area contributed by atoms with Crippen LogP contribution in [0.2, 0.25) is 0 Å².